The molecule has 0 aliphatic heterocycles. The third-order valence-electron chi connectivity index (χ3n) is 3.19. The van der Waals surface area contributed by atoms with E-state index in [-0.39, 0.29) is 6.04 Å². The van der Waals surface area contributed by atoms with Crippen LogP contribution in [0.2, 0.25) is 0 Å². The number of hydrogen-bond acceptors (Lipinski definition) is 3. The number of ether oxygens (including phenoxy) is 1. The van der Waals surface area contributed by atoms with E-state index in [1.165, 1.54) is 0 Å². The van der Waals surface area contributed by atoms with Crippen LogP contribution in [-0.2, 0) is 6.54 Å². The molecule has 1 atom stereocenters. The molecule has 0 spiro atoms. The molecule has 2 N–H and O–H groups in total. The van der Waals surface area contributed by atoms with Crippen LogP contribution >= 0.6 is 0 Å². The minimum absolute atomic E-state index is 0.172. The summed E-state index contributed by atoms with van der Waals surface area (Å²) in [6.07, 6.45) is 3.85. The average Bonchev–Trinajstić information content (AvgIpc) is 2.93. The molecule has 1 unspecified atom stereocenters. The fraction of sp³-hybridized carbons (Fsp3) is 0.438. The SMILES string of the molecule is CCCOc1cccc(C(N)c2ccnn2CCC)c1. The van der Waals surface area contributed by atoms with Gasteiger partial charge in [-0.1, -0.05) is 26.0 Å². The summed E-state index contributed by atoms with van der Waals surface area (Å²) < 4.78 is 7.64. The quantitative estimate of drug-likeness (QED) is 0.843. The summed E-state index contributed by atoms with van der Waals surface area (Å²) >= 11 is 0. The van der Waals surface area contributed by atoms with Gasteiger partial charge in [-0.05, 0) is 36.6 Å². The smallest absolute Gasteiger partial charge is 0.119 e. The van der Waals surface area contributed by atoms with Gasteiger partial charge in [0.25, 0.3) is 0 Å². The molecule has 0 saturated carbocycles. The zero-order valence-corrected chi connectivity index (χ0v) is 12.2. The van der Waals surface area contributed by atoms with Crippen molar-refractivity contribution in [2.45, 2.75) is 39.3 Å². The highest BCUT2D eigenvalue weighted by molar-refractivity contribution is 5.34. The van der Waals surface area contributed by atoms with E-state index in [4.69, 9.17) is 10.5 Å². The monoisotopic (exact) mass is 273 g/mol. The molecule has 0 bridgehead atoms. The highest BCUT2D eigenvalue weighted by atomic mass is 16.5. The van der Waals surface area contributed by atoms with Gasteiger partial charge >= 0.3 is 0 Å². The van der Waals surface area contributed by atoms with Crippen molar-refractivity contribution in [1.29, 1.82) is 0 Å². The molecule has 0 aliphatic carbocycles. The van der Waals surface area contributed by atoms with Crippen LogP contribution in [0, 0.1) is 0 Å². The zero-order valence-electron chi connectivity index (χ0n) is 12.2. The van der Waals surface area contributed by atoms with Crippen LogP contribution in [0.1, 0.15) is 44.0 Å². The highest BCUT2D eigenvalue weighted by Gasteiger charge is 2.14. The highest BCUT2D eigenvalue weighted by Crippen LogP contribution is 2.23. The number of rotatable bonds is 7. The standard InChI is InChI=1S/C16H23N3O/c1-3-10-19-15(8-9-18-19)16(17)13-6-5-7-14(12-13)20-11-4-2/h5-9,12,16H,3-4,10-11,17H2,1-2H3. The van der Waals surface area contributed by atoms with Crippen molar-refractivity contribution in [3.63, 3.8) is 0 Å². The number of aryl methyl sites for hydroxylation is 1. The van der Waals surface area contributed by atoms with Crippen LogP contribution in [0.5, 0.6) is 5.75 Å². The summed E-state index contributed by atoms with van der Waals surface area (Å²) in [5.74, 6) is 0.876. The summed E-state index contributed by atoms with van der Waals surface area (Å²) in [6, 6.07) is 9.82. The summed E-state index contributed by atoms with van der Waals surface area (Å²) in [5, 5.41) is 4.33. The Morgan fingerprint density at radius 3 is 2.85 bits per heavy atom. The molecule has 4 heteroatoms. The Labute approximate surface area is 120 Å². The van der Waals surface area contributed by atoms with Crippen molar-refractivity contribution in [2.24, 2.45) is 5.73 Å². The lowest BCUT2D eigenvalue weighted by Gasteiger charge is -2.15. The Kier molecular flexibility index (Phi) is 5.18. The van der Waals surface area contributed by atoms with Crippen molar-refractivity contribution in [1.82, 2.24) is 9.78 Å². The molecule has 2 rings (SSSR count). The van der Waals surface area contributed by atoms with Gasteiger partial charge in [-0.3, -0.25) is 4.68 Å². The van der Waals surface area contributed by atoms with Gasteiger partial charge in [-0.25, -0.2) is 0 Å². The van der Waals surface area contributed by atoms with E-state index >= 15 is 0 Å². The first-order valence-corrected chi connectivity index (χ1v) is 7.26. The van der Waals surface area contributed by atoms with E-state index < -0.39 is 0 Å². The van der Waals surface area contributed by atoms with Crippen LogP contribution in [-0.4, -0.2) is 16.4 Å². The maximum atomic E-state index is 6.37. The van der Waals surface area contributed by atoms with Crippen LogP contribution in [0.4, 0.5) is 0 Å². The lowest BCUT2D eigenvalue weighted by molar-refractivity contribution is 0.317. The Morgan fingerprint density at radius 1 is 1.25 bits per heavy atom. The fourth-order valence-corrected chi connectivity index (χ4v) is 2.19. The molecule has 0 saturated heterocycles. The van der Waals surface area contributed by atoms with E-state index in [9.17, 15) is 0 Å². The number of aromatic nitrogens is 2. The maximum Gasteiger partial charge on any atom is 0.119 e. The molecule has 108 valence electrons. The van der Waals surface area contributed by atoms with Crippen LogP contribution in [0.25, 0.3) is 0 Å². The number of nitrogens with two attached hydrogens (primary N) is 1. The maximum absolute atomic E-state index is 6.37. The van der Waals surface area contributed by atoms with Gasteiger partial charge in [0, 0.05) is 12.7 Å². The Balaban J connectivity index is 2.19. The van der Waals surface area contributed by atoms with Crippen molar-refractivity contribution in [3.05, 3.63) is 47.8 Å². The van der Waals surface area contributed by atoms with Crippen molar-refractivity contribution in [2.75, 3.05) is 6.61 Å². The molecule has 4 nitrogen and oxygen atoms in total. The Bertz CT molecular complexity index is 536. The fourth-order valence-electron chi connectivity index (χ4n) is 2.19. The number of benzene rings is 1. The van der Waals surface area contributed by atoms with Gasteiger partial charge in [0.15, 0.2) is 0 Å². The predicted molar refractivity (Wildman–Crippen MR) is 80.8 cm³/mol. The summed E-state index contributed by atoms with van der Waals surface area (Å²) in [4.78, 5) is 0. The Morgan fingerprint density at radius 2 is 2.10 bits per heavy atom. The van der Waals surface area contributed by atoms with Crippen molar-refractivity contribution < 1.29 is 4.74 Å². The first-order valence-electron chi connectivity index (χ1n) is 7.26. The third kappa shape index (κ3) is 3.39. The largest absolute Gasteiger partial charge is 0.494 e. The second kappa shape index (κ2) is 7.10. The molecule has 1 heterocycles. The third-order valence-corrected chi connectivity index (χ3v) is 3.19. The van der Waals surface area contributed by atoms with Crippen LogP contribution in [0.15, 0.2) is 36.5 Å². The van der Waals surface area contributed by atoms with Crippen molar-refractivity contribution in [3.8, 4) is 5.75 Å². The second-order valence-electron chi connectivity index (χ2n) is 4.88. The van der Waals surface area contributed by atoms with E-state index in [0.29, 0.717) is 0 Å². The van der Waals surface area contributed by atoms with Gasteiger partial charge in [-0.2, -0.15) is 5.10 Å². The van der Waals surface area contributed by atoms with Crippen LogP contribution in [0.3, 0.4) is 0 Å². The van der Waals surface area contributed by atoms with E-state index in [0.717, 1.165) is 43.0 Å². The summed E-state index contributed by atoms with van der Waals surface area (Å²) in [7, 11) is 0. The number of nitrogens with zero attached hydrogens (tertiary/aromatic N) is 2. The molecule has 2 aromatic rings. The molecule has 1 aromatic carbocycles. The van der Waals surface area contributed by atoms with Gasteiger partial charge < -0.3 is 10.5 Å². The summed E-state index contributed by atoms with van der Waals surface area (Å²) in [5.41, 5.74) is 8.47. The van der Waals surface area contributed by atoms with E-state index in [1.54, 1.807) is 0 Å². The van der Waals surface area contributed by atoms with E-state index in [1.807, 2.05) is 41.2 Å². The lowest BCUT2D eigenvalue weighted by Crippen LogP contribution is -2.17. The Hall–Kier alpha value is -1.81. The first-order chi connectivity index (χ1) is 9.76. The number of hydrogen-bond donors (Lipinski definition) is 1. The zero-order chi connectivity index (χ0) is 14.4. The second-order valence-corrected chi connectivity index (χ2v) is 4.88. The molecule has 20 heavy (non-hydrogen) atoms. The van der Waals surface area contributed by atoms with Gasteiger partial charge in [-0.15, -0.1) is 0 Å². The molecule has 0 fully saturated rings. The van der Waals surface area contributed by atoms with Crippen LogP contribution < -0.4 is 10.5 Å². The van der Waals surface area contributed by atoms with Gasteiger partial charge in [0.1, 0.15) is 5.75 Å². The molecule has 1 aromatic heterocycles. The molecular weight excluding hydrogens is 250 g/mol. The van der Waals surface area contributed by atoms with Gasteiger partial charge in [0.2, 0.25) is 0 Å². The molecule has 0 radical (unpaired) electrons. The minimum atomic E-state index is -0.172. The van der Waals surface area contributed by atoms with E-state index in [2.05, 4.69) is 18.9 Å². The molecular formula is C16H23N3O. The molecule has 0 aliphatic rings. The minimum Gasteiger partial charge on any atom is -0.494 e. The average molecular weight is 273 g/mol. The normalized spacial score (nSPS) is 12.3. The predicted octanol–water partition coefficient (Wildman–Crippen LogP) is 3.13. The summed E-state index contributed by atoms with van der Waals surface area (Å²) in [6.45, 7) is 5.85. The topological polar surface area (TPSA) is 53.1 Å². The lowest BCUT2D eigenvalue weighted by atomic mass is 10.0. The molecule has 0 amide bonds. The first kappa shape index (κ1) is 14.6. The van der Waals surface area contributed by atoms with Crippen molar-refractivity contribution >= 4 is 0 Å². The van der Waals surface area contributed by atoms with Gasteiger partial charge in [0.05, 0.1) is 18.3 Å².